The molecule has 0 N–H and O–H groups in total. The van der Waals surface area contributed by atoms with Crippen LogP contribution in [0, 0.1) is 5.92 Å². The van der Waals surface area contributed by atoms with Crippen molar-refractivity contribution in [2.24, 2.45) is 5.92 Å². The predicted molar refractivity (Wildman–Crippen MR) is 103 cm³/mol. The summed E-state index contributed by atoms with van der Waals surface area (Å²) in [6, 6.07) is 0. The van der Waals surface area contributed by atoms with Crippen molar-refractivity contribution in [3.05, 3.63) is 0 Å². The van der Waals surface area contributed by atoms with E-state index in [1.54, 1.807) is 0 Å². The minimum Gasteiger partial charge on any atom is -0.461 e. The molecule has 142 valence electrons. The van der Waals surface area contributed by atoms with E-state index in [0.29, 0.717) is 0 Å². The zero-order chi connectivity index (χ0) is 17.5. The van der Waals surface area contributed by atoms with Gasteiger partial charge < -0.3 is 4.74 Å². The number of ether oxygens (including phenoxy) is 1. The average Bonchev–Trinajstić information content (AvgIpc) is 2.58. The second kappa shape index (κ2) is 14.8. The van der Waals surface area contributed by atoms with E-state index in [9.17, 15) is 4.79 Å². The van der Waals surface area contributed by atoms with Gasteiger partial charge in [0.2, 0.25) is 0 Å². The first kappa shape index (κ1) is 21.5. The van der Waals surface area contributed by atoms with Crippen molar-refractivity contribution >= 4 is 5.97 Å². The molecule has 0 spiro atoms. The van der Waals surface area contributed by atoms with Crippen LogP contribution >= 0.6 is 0 Å². The minimum absolute atomic E-state index is 0.0690. The number of hydrogen-bond acceptors (Lipinski definition) is 2. The molecule has 1 heterocycles. The Balaban J connectivity index is 1.87. The lowest BCUT2D eigenvalue weighted by Crippen LogP contribution is -2.44. The monoisotopic (exact) mass is 338 g/mol. The summed E-state index contributed by atoms with van der Waals surface area (Å²) in [6.45, 7) is 4.51. The smallest absolute Gasteiger partial charge is 0.313 e. The maximum atomic E-state index is 11.6. The molecule has 1 aliphatic rings. The Morgan fingerprint density at radius 2 is 1.04 bits per heavy atom. The third-order valence-corrected chi connectivity index (χ3v) is 5.48. The van der Waals surface area contributed by atoms with Gasteiger partial charge in [-0.2, -0.15) is 0 Å². The summed E-state index contributed by atoms with van der Waals surface area (Å²) in [7, 11) is 0. The first-order valence-electron chi connectivity index (χ1n) is 11.0. The van der Waals surface area contributed by atoms with Crippen LogP contribution < -0.4 is 0 Å². The molecule has 1 saturated heterocycles. The molecule has 1 rings (SSSR count). The highest BCUT2D eigenvalue weighted by atomic mass is 16.6. The first-order valence-corrected chi connectivity index (χ1v) is 11.0. The summed E-state index contributed by atoms with van der Waals surface area (Å²) in [5.74, 6) is 0.296. The van der Waals surface area contributed by atoms with E-state index < -0.39 is 0 Å². The molecule has 0 amide bonds. The van der Waals surface area contributed by atoms with Gasteiger partial charge in [0, 0.05) is 0 Å². The van der Waals surface area contributed by atoms with E-state index in [1.807, 2.05) is 0 Å². The summed E-state index contributed by atoms with van der Waals surface area (Å²) >= 11 is 0. The fraction of sp³-hybridized carbons (Fsp3) is 0.955. The van der Waals surface area contributed by atoms with Crippen LogP contribution in [-0.2, 0) is 9.53 Å². The second-order valence-electron chi connectivity index (χ2n) is 7.76. The molecule has 2 atom stereocenters. The Bertz CT molecular complexity index is 300. The lowest BCUT2D eigenvalue weighted by molar-refractivity contribution is -0.186. The molecule has 24 heavy (non-hydrogen) atoms. The van der Waals surface area contributed by atoms with Crippen molar-refractivity contribution in [2.75, 3.05) is 0 Å². The fourth-order valence-electron chi connectivity index (χ4n) is 3.76. The predicted octanol–water partition coefficient (Wildman–Crippen LogP) is 7.20. The van der Waals surface area contributed by atoms with Crippen LogP contribution in [0.4, 0.5) is 0 Å². The number of hydrogen-bond donors (Lipinski definition) is 0. The van der Waals surface area contributed by atoms with Crippen molar-refractivity contribution in [2.45, 2.75) is 129 Å². The van der Waals surface area contributed by atoms with Crippen LogP contribution in [0.3, 0.4) is 0 Å². The van der Waals surface area contributed by atoms with Gasteiger partial charge >= 0.3 is 5.97 Å². The van der Waals surface area contributed by atoms with E-state index in [-0.39, 0.29) is 18.0 Å². The summed E-state index contributed by atoms with van der Waals surface area (Å²) in [5, 5.41) is 0. The molecule has 0 unspecified atom stereocenters. The van der Waals surface area contributed by atoms with Crippen LogP contribution in [0.2, 0.25) is 0 Å². The summed E-state index contributed by atoms with van der Waals surface area (Å²) in [5.41, 5.74) is 0. The molecule has 0 aromatic heterocycles. The quantitative estimate of drug-likeness (QED) is 0.207. The van der Waals surface area contributed by atoms with Crippen molar-refractivity contribution in [3.8, 4) is 0 Å². The lowest BCUT2D eigenvalue weighted by atomic mass is 9.87. The summed E-state index contributed by atoms with van der Waals surface area (Å²) in [4.78, 5) is 11.6. The zero-order valence-corrected chi connectivity index (χ0v) is 16.5. The van der Waals surface area contributed by atoms with Crippen LogP contribution in [0.1, 0.15) is 123 Å². The van der Waals surface area contributed by atoms with E-state index in [1.165, 1.54) is 96.3 Å². The molecule has 0 aromatic rings. The number of esters is 1. The maximum Gasteiger partial charge on any atom is 0.313 e. The number of carbonyl (C=O) groups is 1. The van der Waals surface area contributed by atoms with Gasteiger partial charge in [0.1, 0.15) is 6.10 Å². The van der Waals surface area contributed by atoms with E-state index in [4.69, 9.17) is 4.74 Å². The first-order chi connectivity index (χ1) is 11.8. The highest BCUT2D eigenvalue weighted by molar-refractivity contribution is 5.78. The standard InChI is InChI=1S/C22H42O2/c1-3-5-7-9-10-11-12-13-14-15-17-19-21-20(22(23)24-21)18-16-8-6-4-2/h20-21H,3-19H2,1-2H3/t20-,21+/m1/s1. The van der Waals surface area contributed by atoms with Crippen molar-refractivity contribution in [1.82, 2.24) is 0 Å². The number of rotatable bonds is 17. The summed E-state index contributed by atoms with van der Waals surface area (Å²) < 4.78 is 5.36. The molecule has 1 fully saturated rings. The topological polar surface area (TPSA) is 26.3 Å². The molecule has 1 aliphatic heterocycles. The molecule has 0 aromatic carbocycles. The number of cyclic esters (lactones) is 1. The SMILES string of the molecule is CCCCCCCCCCCCC[C@@H]1OC(=O)[C@@H]1CCCCCC. The van der Waals surface area contributed by atoms with Crippen LogP contribution in [0.15, 0.2) is 0 Å². The highest BCUT2D eigenvalue weighted by Gasteiger charge is 2.40. The van der Waals surface area contributed by atoms with Crippen molar-refractivity contribution < 1.29 is 9.53 Å². The highest BCUT2D eigenvalue weighted by Crippen LogP contribution is 2.31. The normalized spacial score (nSPS) is 20.0. The fourth-order valence-corrected chi connectivity index (χ4v) is 3.76. The van der Waals surface area contributed by atoms with Gasteiger partial charge in [-0.15, -0.1) is 0 Å². The van der Waals surface area contributed by atoms with E-state index in [0.717, 1.165) is 12.8 Å². The van der Waals surface area contributed by atoms with Gasteiger partial charge in [-0.3, -0.25) is 4.79 Å². The molecular weight excluding hydrogens is 296 g/mol. The molecule has 0 bridgehead atoms. The van der Waals surface area contributed by atoms with Gasteiger partial charge in [0.15, 0.2) is 0 Å². The Morgan fingerprint density at radius 1 is 0.625 bits per heavy atom. The molecule has 2 heteroatoms. The molecule has 0 radical (unpaired) electrons. The summed E-state index contributed by atoms with van der Waals surface area (Å²) in [6.07, 6.45) is 22.6. The number of carbonyl (C=O) groups excluding carboxylic acids is 1. The van der Waals surface area contributed by atoms with Gasteiger partial charge in [-0.1, -0.05) is 104 Å². The minimum atomic E-state index is 0.0690. The van der Waals surface area contributed by atoms with Crippen LogP contribution in [0.25, 0.3) is 0 Å². The second-order valence-corrected chi connectivity index (χ2v) is 7.76. The average molecular weight is 339 g/mol. The van der Waals surface area contributed by atoms with Crippen LogP contribution in [-0.4, -0.2) is 12.1 Å². The van der Waals surface area contributed by atoms with E-state index in [2.05, 4.69) is 13.8 Å². The van der Waals surface area contributed by atoms with Gasteiger partial charge in [-0.25, -0.2) is 0 Å². The Kier molecular flexibility index (Phi) is 13.3. The van der Waals surface area contributed by atoms with Crippen molar-refractivity contribution in [3.63, 3.8) is 0 Å². The lowest BCUT2D eigenvalue weighted by Gasteiger charge is -2.35. The third-order valence-electron chi connectivity index (χ3n) is 5.48. The molecular formula is C22H42O2. The molecule has 2 nitrogen and oxygen atoms in total. The van der Waals surface area contributed by atoms with Gasteiger partial charge in [-0.05, 0) is 19.3 Å². The third kappa shape index (κ3) is 9.69. The maximum absolute atomic E-state index is 11.6. The zero-order valence-electron chi connectivity index (χ0n) is 16.5. The van der Waals surface area contributed by atoms with Crippen molar-refractivity contribution in [1.29, 1.82) is 0 Å². The van der Waals surface area contributed by atoms with Gasteiger partial charge in [0.05, 0.1) is 5.92 Å². The largest absolute Gasteiger partial charge is 0.461 e. The van der Waals surface area contributed by atoms with E-state index >= 15 is 0 Å². The Morgan fingerprint density at radius 3 is 1.54 bits per heavy atom. The molecule has 0 saturated carbocycles. The Labute approximate surface area is 151 Å². The number of unbranched alkanes of at least 4 members (excludes halogenated alkanes) is 13. The molecule has 0 aliphatic carbocycles. The van der Waals surface area contributed by atoms with Gasteiger partial charge in [0.25, 0.3) is 0 Å². The Hall–Kier alpha value is -0.530. The van der Waals surface area contributed by atoms with Crippen LogP contribution in [0.5, 0.6) is 0 Å².